The van der Waals surface area contributed by atoms with Gasteiger partial charge in [0.15, 0.2) is 0 Å². The fraction of sp³-hybridized carbons (Fsp3) is 0.235. The van der Waals surface area contributed by atoms with Crippen LogP contribution in [0.3, 0.4) is 0 Å². The smallest absolute Gasteiger partial charge is 0.0555 e. The normalized spacial score (nSPS) is 10.2. The highest BCUT2D eigenvalue weighted by atomic mass is 15.1. The molecule has 0 aliphatic heterocycles. The summed E-state index contributed by atoms with van der Waals surface area (Å²) >= 11 is 0. The third-order valence-electron chi connectivity index (χ3n) is 2.94. The van der Waals surface area contributed by atoms with E-state index in [-0.39, 0.29) is 0 Å². The molecule has 0 aliphatic rings. The highest BCUT2D eigenvalue weighted by Gasteiger charge is 2.01. The molecule has 0 radical (unpaired) electrons. The summed E-state index contributed by atoms with van der Waals surface area (Å²) in [7, 11) is 2.11. The monoisotopic (exact) mass is 265 g/mol. The minimum Gasteiger partial charge on any atom is -0.320 e. The van der Waals surface area contributed by atoms with Crippen molar-refractivity contribution in [3.8, 4) is 11.8 Å². The van der Waals surface area contributed by atoms with Crippen LogP contribution >= 0.6 is 0 Å². The molecule has 1 aromatic heterocycles. The lowest BCUT2D eigenvalue weighted by Crippen LogP contribution is -2.17. The van der Waals surface area contributed by atoms with Crippen molar-refractivity contribution in [2.75, 3.05) is 13.6 Å². The van der Waals surface area contributed by atoms with Gasteiger partial charge in [0, 0.05) is 31.0 Å². The predicted molar refractivity (Wildman–Crippen MR) is 81.8 cm³/mol. The molecule has 2 aromatic rings. The molecular formula is C17H19N3. The Balaban J connectivity index is 1.92. The molecule has 0 atom stereocenters. The fourth-order valence-electron chi connectivity index (χ4n) is 2.01. The van der Waals surface area contributed by atoms with Crippen LogP contribution < -0.4 is 5.73 Å². The molecule has 0 unspecified atom stereocenters. The standard InChI is InChI=1S/C17H19N3/c1-20(14-17-8-11-19-12-9-17)13-16-6-4-15(5-7-16)3-2-10-18/h4-9,11-12H,10,13-14,18H2,1H3. The maximum absolute atomic E-state index is 5.36. The van der Waals surface area contributed by atoms with Crippen LogP contribution in [0.15, 0.2) is 48.8 Å². The topological polar surface area (TPSA) is 42.2 Å². The highest BCUT2D eigenvalue weighted by molar-refractivity contribution is 5.36. The lowest BCUT2D eigenvalue weighted by atomic mass is 10.1. The Morgan fingerprint density at radius 3 is 2.20 bits per heavy atom. The second kappa shape index (κ2) is 7.44. The van der Waals surface area contributed by atoms with Gasteiger partial charge in [0.2, 0.25) is 0 Å². The van der Waals surface area contributed by atoms with Gasteiger partial charge in [-0.3, -0.25) is 9.88 Å². The van der Waals surface area contributed by atoms with E-state index >= 15 is 0 Å². The molecule has 0 spiro atoms. The average Bonchev–Trinajstić information content (AvgIpc) is 2.47. The molecule has 0 saturated carbocycles. The molecule has 3 nitrogen and oxygen atoms in total. The first kappa shape index (κ1) is 14.3. The molecule has 1 aromatic carbocycles. The van der Waals surface area contributed by atoms with Gasteiger partial charge in [-0.05, 0) is 42.4 Å². The molecule has 2 N–H and O–H groups in total. The number of rotatable bonds is 4. The maximum Gasteiger partial charge on any atom is 0.0555 e. The number of hydrogen-bond donors (Lipinski definition) is 1. The molecule has 0 bridgehead atoms. The summed E-state index contributed by atoms with van der Waals surface area (Å²) in [5, 5.41) is 0. The van der Waals surface area contributed by atoms with Gasteiger partial charge in [0.05, 0.1) is 6.54 Å². The Morgan fingerprint density at radius 2 is 1.60 bits per heavy atom. The molecule has 0 fully saturated rings. The highest BCUT2D eigenvalue weighted by Crippen LogP contribution is 2.08. The summed E-state index contributed by atoms with van der Waals surface area (Å²) < 4.78 is 0. The van der Waals surface area contributed by atoms with E-state index in [2.05, 4.69) is 40.9 Å². The SMILES string of the molecule is CN(Cc1ccncc1)Cc1ccc(C#CCN)cc1. The van der Waals surface area contributed by atoms with Crippen LogP contribution in [0.5, 0.6) is 0 Å². The predicted octanol–water partition coefficient (Wildman–Crippen LogP) is 2.02. The zero-order valence-electron chi connectivity index (χ0n) is 11.7. The molecule has 0 aliphatic carbocycles. The first-order chi connectivity index (χ1) is 9.78. The van der Waals surface area contributed by atoms with Crippen molar-refractivity contribution in [3.63, 3.8) is 0 Å². The molecular weight excluding hydrogens is 246 g/mol. The van der Waals surface area contributed by atoms with Crippen molar-refractivity contribution in [1.29, 1.82) is 0 Å². The lowest BCUT2D eigenvalue weighted by Gasteiger charge is -2.16. The van der Waals surface area contributed by atoms with E-state index in [1.54, 1.807) is 0 Å². The lowest BCUT2D eigenvalue weighted by molar-refractivity contribution is 0.319. The summed E-state index contributed by atoms with van der Waals surface area (Å²) in [6.45, 7) is 2.22. The summed E-state index contributed by atoms with van der Waals surface area (Å²) in [5.74, 6) is 5.89. The third-order valence-corrected chi connectivity index (χ3v) is 2.94. The van der Waals surface area contributed by atoms with Gasteiger partial charge < -0.3 is 5.73 Å². The summed E-state index contributed by atoms with van der Waals surface area (Å²) in [6.07, 6.45) is 3.65. The number of nitrogens with zero attached hydrogens (tertiary/aromatic N) is 2. The quantitative estimate of drug-likeness (QED) is 0.860. The van der Waals surface area contributed by atoms with Gasteiger partial charge in [0.1, 0.15) is 0 Å². The van der Waals surface area contributed by atoms with E-state index in [4.69, 9.17) is 5.73 Å². The van der Waals surface area contributed by atoms with Crippen LogP contribution in [-0.2, 0) is 13.1 Å². The number of benzene rings is 1. The van der Waals surface area contributed by atoms with Crippen LogP contribution in [0.2, 0.25) is 0 Å². The van der Waals surface area contributed by atoms with E-state index in [0.717, 1.165) is 18.7 Å². The van der Waals surface area contributed by atoms with Crippen LogP contribution in [0.1, 0.15) is 16.7 Å². The van der Waals surface area contributed by atoms with Crippen molar-refractivity contribution < 1.29 is 0 Å². The largest absolute Gasteiger partial charge is 0.320 e. The van der Waals surface area contributed by atoms with Gasteiger partial charge in [-0.1, -0.05) is 24.0 Å². The van der Waals surface area contributed by atoms with Gasteiger partial charge in [-0.15, -0.1) is 0 Å². The van der Waals surface area contributed by atoms with Crippen molar-refractivity contribution in [2.45, 2.75) is 13.1 Å². The number of pyridine rings is 1. The van der Waals surface area contributed by atoms with Crippen LogP contribution in [0.4, 0.5) is 0 Å². The molecule has 2 rings (SSSR count). The summed E-state index contributed by atoms with van der Waals surface area (Å²) in [4.78, 5) is 6.30. The first-order valence-electron chi connectivity index (χ1n) is 6.63. The van der Waals surface area contributed by atoms with Crippen LogP contribution in [-0.4, -0.2) is 23.5 Å². The Morgan fingerprint density at radius 1 is 1.00 bits per heavy atom. The third kappa shape index (κ3) is 4.51. The molecule has 3 heteroatoms. The van der Waals surface area contributed by atoms with Gasteiger partial charge in [-0.2, -0.15) is 0 Å². The van der Waals surface area contributed by atoms with Gasteiger partial charge >= 0.3 is 0 Å². The van der Waals surface area contributed by atoms with E-state index in [1.807, 2.05) is 36.7 Å². The molecule has 1 heterocycles. The zero-order valence-corrected chi connectivity index (χ0v) is 11.7. The van der Waals surface area contributed by atoms with E-state index in [9.17, 15) is 0 Å². The Labute approximate surface area is 120 Å². The van der Waals surface area contributed by atoms with Crippen LogP contribution in [0.25, 0.3) is 0 Å². The molecule has 0 amide bonds. The molecule has 20 heavy (non-hydrogen) atoms. The minimum absolute atomic E-state index is 0.399. The molecule has 102 valence electrons. The fourth-order valence-corrected chi connectivity index (χ4v) is 2.01. The van der Waals surface area contributed by atoms with Gasteiger partial charge in [0.25, 0.3) is 0 Å². The zero-order chi connectivity index (χ0) is 14.2. The van der Waals surface area contributed by atoms with E-state index in [1.165, 1.54) is 11.1 Å². The van der Waals surface area contributed by atoms with E-state index < -0.39 is 0 Å². The van der Waals surface area contributed by atoms with Crippen molar-refractivity contribution in [1.82, 2.24) is 9.88 Å². The van der Waals surface area contributed by atoms with Crippen LogP contribution in [0, 0.1) is 11.8 Å². The summed E-state index contributed by atoms with van der Waals surface area (Å²) in [5.41, 5.74) is 8.92. The Kier molecular flexibility index (Phi) is 5.31. The Hall–Kier alpha value is -2.15. The Bertz CT molecular complexity index is 579. The van der Waals surface area contributed by atoms with Crippen molar-refractivity contribution >= 4 is 0 Å². The summed E-state index contributed by atoms with van der Waals surface area (Å²) in [6, 6.07) is 12.4. The number of aromatic nitrogens is 1. The van der Waals surface area contributed by atoms with Crippen molar-refractivity contribution in [2.24, 2.45) is 5.73 Å². The van der Waals surface area contributed by atoms with E-state index in [0.29, 0.717) is 6.54 Å². The number of hydrogen-bond acceptors (Lipinski definition) is 3. The first-order valence-corrected chi connectivity index (χ1v) is 6.63. The maximum atomic E-state index is 5.36. The second-order valence-electron chi connectivity index (χ2n) is 4.73. The molecule has 0 saturated heterocycles. The van der Waals surface area contributed by atoms with Gasteiger partial charge in [-0.25, -0.2) is 0 Å². The average molecular weight is 265 g/mol. The minimum atomic E-state index is 0.399. The number of nitrogens with two attached hydrogens (primary N) is 1. The second-order valence-corrected chi connectivity index (χ2v) is 4.73. The van der Waals surface area contributed by atoms with Crippen molar-refractivity contribution in [3.05, 3.63) is 65.5 Å².